The molecule has 1 aromatic heterocycles. The third-order valence-electron chi connectivity index (χ3n) is 2.26. The predicted octanol–water partition coefficient (Wildman–Crippen LogP) is 3.27. The molecule has 1 amide bonds. The lowest BCUT2D eigenvalue weighted by Crippen LogP contribution is -2.09. The molecule has 0 saturated carbocycles. The Hall–Kier alpha value is -2.12. The van der Waals surface area contributed by atoms with Gasteiger partial charge in [-0.1, -0.05) is 12.1 Å². The van der Waals surface area contributed by atoms with Crippen molar-refractivity contribution in [3.05, 3.63) is 41.1 Å². The smallest absolute Gasteiger partial charge is 0.238 e. The van der Waals surface area contributed by atoms with Crippen molar-refractivity contribution >= 4 is 22.9 Å². The number of hydrogen-bond donors (Lipinski definition) is 1. The molecule has 3 nitrogen and oxygen atoms in total. The Labute approximate surface area is 103 Å². The van der Waals surface area contributed by atoms with E-state index in [-0.39, 0.29) is 12.3 Å². The third kappa shape index (κ3) is 2.92. The minimum absolute atomic E-state index is 0.119. The van der Waals surface area contributed by atoms with Gasteiger partial charge < -0.3 is 5.32 Å². The van der Waals surface area contributed by atoms with Gasteiger partial charge in [0.25, 0.3) is 0 Å². The van der Waals surface area contributed by atoms with Crippen LogP contribution >= 0.6 is 11.3 Å². The lowest BCUT2D eigenvalue weighted by atomic mass is 10.1. The molecule has 0 bridgehead atoms. The average molecular weight is 242 g/mol. The number of nitrogens with zero attached hydrogens (tertiary/aromatic N) is 1. The number of rotatable bonds is 3. The van der Waals surface area contributed by atoms with E-state index in [0.29, 0.717) is 5.69 Å². The first-order valence-electron chi connectivity index (χ1n) is 5.09. The normalized spacial score (nSPS) is 9.59. The van der Waals surface area contributed by atoms with E-state index in [9.17, 15) is 4.79 Å². The lowest BCUT2D eigenvalue weighted by molar-refractivity contribution is -0.115. The molecule has 0 aliphatic carbocycles. The first-order chi connectivity index (χ1) is 8.29. The zero-order chi connectivity index (χ0) is 12.1. The summed E-state index contributed by atoms with van der Waals surface area (Å²) in [5.74, 6) is -0.282. The molecule has 17 heavy (non-hydrogen) atoms. The van der Waals surface area contributed by atoms with Crippen molar-refractivity contribution in [3.8, 4) is 17.2 Å². The molecule has 2 rings (SSSR count). The van der Waals surface area contributed by atoms with Gasteiger partial charge in [0, 0.05) is 5.69 Å². The molecule has 0 fully saturated rings. The number of carbonyl (C=O) groups excluding carboxylic acids is 1. The summed E-state index contributed by atoms with van der Waals surface area (Å²) in [4.78, 5) is 11.2. The van der Waals surface area contributed by atoms with Crippen molar-refractivity contribution in [2.24, 2.45) is 0 Å². The molecule has 1 N–H and O–H groups in total. The van der Waals surface area contributed by atoms with Crippen molar-refractivity contribution in [1.82, 2.24) is 0 Å². The van der Waals surface area contributed by atoms with Crippen LogP contribution in [0.15, 0.2) is 41.1 Å². The molecule has 0 radical (unpaired) electrons. The van der Waals surface area contributed by atoms with Crippen LogP contribution in [-0.4, -0.2) is 5.91 Å². The van der Waals surface area contributed by atoms with Gasteiger partial charge in [-0.05, 0) is 40.1 Å². The quantitative estimate of drug-likeness (QED) is 0.898. The molecule has 2 aromatic rings. The molecule has 84 valence electrons. The number of thiophene rings is 1. The van der Waals surface area contributed by atoms with Crippen molar-refractivity contribution in [1.29, 1.82) is 5.26 Å². The van der Waals surface area contributed by atoms with Crippen LogP contribution in [0.4, 0.5) is 5.69 Å². The topological polar surface area (TPSA) is 52.9 Å². The van der Waals surface area contributed by atoms with Gasteiger partial charge in [-0.3, -0.25) is 4.79 Å². The van der Waals surface area contributed by atoms with Gasteiger partial charge >= 0.3 is 0 Å². The second-order valence-corrected chi connectivity index (χ2v) is 4.25. The van der Waals surface area contributed by atoms with Crippen LogP contribution in [0, 0.1) is 11.3 Å². The van der Waals surface area contributed by atoms with Crippen molar-refractivity contribution in [2.75, 3.05) is 5.32 Å². The number of nitrogens with one attached hydrogen (secondary N) is 1. The third-order valence-corrected chi connectivity index (χ3v) is 2.95. The molecule has 0 saturated heterocycles. The Bertz CT molecular complexity index is 538. The van der Waals surface area contributed by atoms with Gasteiger partial charge in [0.15, 0.2) is 0 Å². The molecule has 1 heterocycles. The van der Waals surface area contributed by atoms with Gasteiger partial charge in [0.05, 0.1) is 6.07 Å². The fourth-order valence-electron chi connectivity index (χ4n) is 1.45. The summed E-state index contributed by atoms with van der Waals surface area (Å²) in [7, 11) is 0. The minimum atomic E-state index is -0.282. The zero-order valence-electron chi connectivity index (χ0n) is 9.01. The highest BCUT2D eigenvalue weighted by Crippen LogP contribution is 2.23. The summed E-state index contributed by atoms with van der Waals surface area (Å²) in [6.07, 6.45) is -0.119. The van der Waals surface area contributed by atoms with Crippen LogP contribution in [-0.2, 0) is 4.79 Å². The largest absolute Gasteiger partial charge is 0.325 e. The van der Waals surface area contributed by atoms with E-state index in [1.54, 1.807) is 11.3 Å². The summed E-state index contributed by atoms with van der Waals surface area (Å²) in [6.45, 7) is 0. The molecular formula is C13H10N2OS. The number of carbonyl (C=O) groups is 1. The van der Waals surface area contributed by atoms with Crippen molar-refractivity contribution in [3.63, 3.8) is 0 Å². The Kier molecular flexibility index (Phi) is 3.53. The van der Waals surface area contributed by atoms with Crippen LogP contribution < -0.4 is 5.32 Å². The second-order valence-electron chi connectivity index (χ2n) is 3.47. The number of benzene rings is 1. The fraction of sp³-hybridized carbons (Fsp3) is 0.0769. The number of nitriles is 1. The Morgan fingerprint density at radius 1 is 1.24 bits per heavy atom. The van der Waals surface area contributed by atoms with E-state index in [0.717, 1.165) is 5.56 Å². The first-order valence-corrected chi connectivity index (χ1v) is 6.03. The Morgan fingerprint density at radius 3 is 2.59 bits per heavy atom. The second kappa shape index (κ2) is 5.28. The fourth-order valence-corrected chi connectivity index (χ4v) is 2.12. The summed E-state index contributed by atoms with van der Waals surface area (Å²) in [5.41, 5.74) is 3.00. The summed E-state index contributed by atoms with van der Waals surface area (Å²) in [5, 5.41) is 15.1. The molecule has 0 atom stereocenters. The number of amides is 1. The molecule has 4 heteroatoms. The van der Waals surface area contributed by atoms with Crippen LogP contribution in [0.5, 0.6) is 0 Å². The molecule has 0 unspecified atom stereocenters. The van der Waals surface area contributed by atoms with Gasteiger partial charge in [-0.25, -0.2) is 0 Å². The maximum Gasteiger partial charge on any atom is 0.238 e. The Morgan fingerprint density at radius 2 is 2.00 bits per heavy atom. The SMILES string of the molecule is N#CCC(=O)Nc1ccc(-c2ccsc2)cc1. The van der Waals surface area contributed by atoms with Gasteiger partial charge in [0.1, 0.15) is 6.42 Å². The summed E-state index contributed by atoms with van der Waals surface area (Å²) < 4.78 is 0. The lowest BCUT2D eigenvalue weighted by Gasteiger charge is -2.03. The van der Waals surface area contributed by atoms with Crippen LogP contribution in [0.3, 0.4) is 0 Å². The zero-order valence-corrected chi connectivity index (χ0v) is 9.83. The standard InChI is InChI=1S/C13H10N2OS/c14-7-5-13(16)15-12-3-1-10(2-4-12)11-6-8-17-9-11/h1-4,6,8-9H,5H2,(H,15,16). The van der Waals surface area contributed by atoms with Crippen LogP contribution in [0.25, 0.3) is 11.1 Å². The molecule has 0 spiro atoms. The van der Waals surface area contributed by atoms with E-state index in [1.807, 2.05) is 41.8 Å². The maximum absolute atomic E-state index is 11.2. The van der Waals surface area contributed by atoms with E-state index in [4.69, 9.17) is 5.26 Å². The first kappa shape index (κ1) is 11.4. The number of anilines is 1. The molecule has 0 aliphatic rings. The van der Waals surface area contributed by atoms with Crippen molar-refractivity contribution < 1.29 is 4.79 Å². The average Bonchev–Trinajstić information content (AvgIpc) is 2.84. The molecule has 1 aromatic carbocycles. The monoisotopic (exact) mass is 242 g/mol. The minimum Gasteiger partial charge on any atom is -0.325 e. The van der Waals surface area contributed by atoms with E-state index in [1.165, 1.54) is 5.56 Å². The van der Waals surface area contributed by atoms with Crippen molar-refractivity contribution in [2.45, 2.75) is 6.42 Å². The maximum atomic E-state index is 11.2. The van der Waals surface area contributed by atoms with Gasteiger partial charge in [-0.15, -0.1) is 0 Å². The van der Waals surface area contributed by atoms with E-state index in [2.05, 4.69) is 10.7 Å². The summed E-state index contributed by atoms with van der Waals surface area (Å²) >= 11 is 1.65. The van der Waals surface area contributed by atoms with Crippen LogP contribution in [0.2, 0.25) is 0 Å². The number of hydrogen-bond acceptors (Lipinski definition) is 3. The highest BCUT2D eigenvalue weighted by molar-refractivity contribution is 7.08. The predicted molar refractivity (Wildman–Crippen MR) is 68.6 cm³/mol. The van der Waals surface area contributed by atoms with Crippen LogP contribution in [0.1, 0.15) is 6.42 Å². The van der Waals surface area contributed by atoms with E-state index < -0.39 is 0 Å². The Balaban J connectivity index is 2.09. The highest BCUT2D eigenvalue weighted by Gasteiger charge is 2.02. The van der Waals surface area contributed by atoms with E-state index >= 15 is 0 Å². The molecule has 0 aliphatic heterocycles. The van der Waals surface area contributed by atoms with Gasteiger partial charge in [0.2, 0.25) is 5.91 Å². The summed E-state index contributed by atoms with van der Waals surface area (Å²) in [6, 6.07) is 11.4. The van der Waals surface area contributed by atoms with Gasteiger partial charge in [-0.2, -0.15) is 16.6 Å². The highest BCUT2D eigenvalue weighted by atomic mass is 32.1. The molecular weight excluding hydrogens is 232 g/mol.